The fourth-order valence-electron chi connectivity index (χ4n) is 7.55. The van der Waals surface area contributed by atoms with Crippen molar-refractivity contribution in [2.45, 2.75) is 119 Å². The fourth-order valence-corrected chi connectivity index (χ4v) is 7.55. The minimum atomic E-state index is -0.953. The molecular weight excluding hydrogens is 516 g/mol. The van der Waals surface area contributed by atoms with Gasteiger partial charge in [-0.2, -0.15) is 0 Å². The van der Waals surface area contributed by atoms with Gasteiger partial charge in [-0.1, -0.05) is 46.8 Å². The molecule has 0 aromatic heterocycles. The van der Waals surface area contributed by atoms with E-state index in [-0.39, 0.29) is 11.9 Å². The zero-order valence-electron chi connectivity index (χ0n) is 25.4. The van der Waals surface area contributed by atoms with E-state index in [1.54, 1.807) is 0 Å². The van der Waals surface area contributed by atoms with E-state index in [0.717, 1.165) is 11.1 Å². The summed E-state index contributed by atoms with van der Waals surface area (Å²) in [7, 11) is 0. The Hall–Kier alpha value is -2.68. The van der Waals surface area contributed by atoms with Crippen LogP contribution in [-0.2, 0) is 38.1 Å². The molecular formula is C31H46O9. The minimum absolute atomic E-state index is 0.312. The molecule has 0 aliphatic heterocycles. The van der Waals surface area contributed by atoms with Gasteiger partial charge in [-0.05, 0) is 42.7 Å². The van der Waals surface area contributed by atoms with Crippen LogP contribution in [-0.4, -0.2) is 59.5 Å². The number of carbonyl (C=O) groups is 4. The van der Waals surface area contributed by atoms with Gasteiger partial charge in [0.25, 0.3) is 0 Å². The number of ether oxygens (including phenoxy) is 4. The van der Waals surface area contributed by atoms with Gasteiger partial charge in [-0.3, -0.25) is 19.2 Å². The number of carbonyl (C=O) groups excluding carboxylic acids is 4. The maximum Gasteiger partial charge on any atom is 0.308 e. The molecule has 9 unspecified atom stereocenters. The molecule has 9 atom stereocenters. The van der Waals surface area contributed by atoms with E-state index in [0.29, 0.717) is 31.3 Å². The number of hydrogen-bond donors (Lipinski definition) is 1. The summed E-state index contributed by atoms with van der Waals surface area (Å²) in [4.78, 5) is 50.9. The Morgan fingerprint density at radius 2 is 1.57 bits per heavy atom. The van der Waals surface area contributed by atoms with Gasteiger partial charge in [0, 0.05) is 44.4 Å². The monoisotopic (exact) mass is 562 g/mol. The molecule has 3 rings (SSSR count). The predicted octanol–water partition coefficient (Wildman–Crippen LogP) is 4.45. The molecule has 2 bridgehead atoms. The van der Waals surface area contributed by atoms with Gasteiger partial charge < -0.3 is 24.1 Å². The highest BCUT2D eigenvalue weighted by molar-refractivity contribution is 5.72. The van der Waals surface area contributed by atoms with Crippen molar-refractivity contribution in [2.24, 2.45) is 28.6 Å². The standard InChI is InChI=1S/C31H46O9/c1-11-15(2)29(36)40-22-14-16(3)23-27(38-19(6)33)28(39-20(7)34)31(10)13-12-21(35)17(4)24(31)26(37-18(5)32)25(22)30(23,8)9/h15,21-22,24-28,35H,4,11-14H2,1-3,5-10H3. The Bertz CT molecular complexity index is 1090. The van der Waals surface area contributed by atoms with Crippen LogP contribution >= 0.6 is 0 Å². The number of esters is 4. The molecule has 0 aromatic carbocycles. The zero-order chi connectivity index (χ0) is 30.3. The number of hydrogen-bond acceptors (Lipinski definition) is 9. The molecule has 40 heavy (non-hydrogen) atoms. The lowest BCUT2D eigenvalue weighted by Gasteiger charge is -2.60. The zero-order valence-corrected chi connectivity index (χ0v) is 25.4. The van der Waals surface area contributed by atoms with Crippen molar-refractivity contribution in [3.05, 3.63) is 23.3 Å². The molecule has 0 aromatic rings. The SMILES string of the molecule is C=C1C(O)CCC2(C)C(OC(C)=O)C(OC(C)=O)C3=C(C)CC(OC(=O)C(C)CC)C(C(OC(C)=O)C12)C3(C)C. The van der Waals surface area contributed by atoms with Crippen molar-refractivity contribution in [1.82, 2.24) is 0 Å². The molecule has 0 saturated heterocycles. The average Bonchev–Trinajstić information content (AvgIpc) is 2.81. The number of aliphatic hydroxyl groups is 1. The number of rotatable bonds is 6. The van der Waals surface area contributed by atoms with E-state index < -0.39 is 71.1 Å². The molecule has 2 fully saturated rings. The Labute approximate surface area is 237 Å². The highest BCUT2D eigenvalue weighted by Crippen LogP contribution is 2.61. The van der Waals surface area contributed by atoms with Crippen LogP contribution in [0.3, 0.4) is 0 Å². The van der Waals surface area contributed by atoms with Crippen molar-refractivity contribution in [3.8, 4) is 0 Å². The minimum Gasteiger partial charge on any atom is -0.461 e. The summed E-state index contributed by atoms with van der Waals surface area (Å²) in [5.74, 6) is -3.56. The van der Waals surface area contributed by atoms with Gasteiger partial charge in [0.1, 0.15) is 18.3 Å². The van der Waals surface area contributed by atoms with Crippen LogP contribution in [0.2, 0.25) is 0 Å². The Kier molecular flexibility index (Phi) is 9.29. The van der Waals surface area contributed by atoms with E-state index in [1.807, 2.05) is 41.5 Å². The lowest BCUT2D eigenvalue weighted by molar-refractivity contribution is -0.211. The third-order valence-corrected chi connectivity index (χ3v) is 9.45. The van der Waals surface area contributed by atoms with Crippen LogP contribution < -0.4 is 0 Å². The Morgan fingerprint density at radius 3 is 2.10 bits per heavy atom. The summed E-state index contributed by atoms with van der Waals surface area (Å²) in [5, 5.41) is 11.0. The number of aliphatic hydroxyl groups excluding tert-OH is 1. The van der Waals surface area contributed by atoms with Crippen molar-refractivity contribution in [3.63, 3.8) is 0 Å². The van der Waals surface area contributed by atoms with Crippen LogP contribution in [0.15, 0.2) is 23.3 Å². The van der Waals surface area contributed by atoms with E-state index in [4.69, 9.17) is 18.9 Å². The van der Waals surface area contributed by atoms with E-state index in [1.165, 1.54) is 20.8 Å². The Morgan fingerprint density at radius 1 is 1.00 bits per heavy atom. The van der Waals surface area contributed by atoms with Gasteiger partial charge in [0.15, 0.2) is 6.10 Å². The van der Waals surface area contributed by atoms with Gasteiger partial charge in [0.2, 0.25) is 0 Å². The average molecular weight is 563 g/mol. The third-order valence-electron chi connectivity index (χ3n) is 9.45. The van der Waals surface area contributed by atoms with Crippen molar-refractivity contribution >= 4 is 23.9 Å². The molecule has 0 heterocycles. The van der Waals surface area contributed by atoms with Crippen LogP contribution in [0.25, 0.3) is 0 Å². The number of fused-ring (bicyclic) bond motifs is 3. The smallest absolute Gasteiger partial charge is 0.308 e. The predicted molar refractivity (Wildman–Crippen MR) is 147 cm³/mol. The molecule has 0 spiro atoms. The van der Waals surface area contributed by atoms with Crippen molar-refractivity contribution in [1.29, 1.82) is 0 Å². The lowest BCUT2D eigenvalue weighted by Crippen LogP contribution is -2.65. The van der Waals surface area contributed by atoms with Crippen molar-refractivity contribution < 1.29 is 43.2 Å². The topological polar surface area (TPSA) is 125 Å². The summed E-state index contributed by atoms with van der Waals surface area (Å²) in [6, 6.07) is 0. The summed E-state index contributed by atoms with van der Waals surface area (Å²) < 4.78 is 24.3. The lowest BCUT2D eigenvalue weighted by atomic mass is 9.49. The third kappa shape index (κ3) is 5.71. The van der Waals surface area contributed by atoms with E-state index in [2.05, 4.69) is 6.58 Å². The molecule has 9 heteroatoms. The van der Waals surface area contributed by atoms with Gasteiger partial charge >= 0.3 is 23.9 Å². The molecule has 3 aliphatic carbocycles. The van der Waals surface area contributed by atoms with Gasteiger partial charge in [-0.15, -0.1) is 0 Å². The molecule has 9 nitrogen and oxygen atoms in total. The molecule has 224 valence electrons. The highest BCUT2D eigenvalue weighted by Gasteiger charge is 2.65. The van der Waals surface area contributed by atoms with E-state index in [9.17, 15) is 24.3 Å². The summed E-state index contributed by atoms with van der Waals surface area (Å²) in [6.07, 6.45) is -2.70. The molecule has 0 amide bonds. The van der Waals surface area contributed by atoms with Crippen LogP contribution in [0.5, 0.6) is 0 Å². The van der Waals surface area contributed by atoms with Gasteiger partial charge in [-0.25, -0.2) is 0 Å². The second-order valence-corrected chi connectivity index (χ2v) is 12.7. The normalized spacial score (nSPS) is 35.9. The van der Waals surface area contributed by atoms with Crippen molar-refractivity contribution in [2.75, 3.05) is 0 Å². The first-order chi connectivity index (χ1) is 18.5. The molecule has 3 aliphatic rings. The quantitative estimate of drug-likeness (QED) is 0.284. The Balaban J connectivity index is 2.40. The molecule has 0 radical (unpaired) electrons. The second-order valence-electron chi connectivity index (χ2n) is 12.7. The van der Waals surface area contributed by atoms with Crippen LogP contribution in [0, 0.1) is 28.6 Å². The second kappa shape index (κ2) is 11.7. The first kappa shape index (κ1) is 31.8. The summed E-state index contributed by atoms with van der Waals surface area (Å²) in [5.41, 5.74) is 0.237. The van der Waals surface area contributed by atoms with Crippen LogP contribution in [0.1, 0.15) is 88.0 Å². The molecule has 2 saturated carbocycles. The summed E-state index contributed by atoms with van der Waals surface area (Å²) in [6.45, 7) is 19.6. The van der Waals surface area contributed by atoms with Crippen LogP contribution in [0.4, 0.5) is 0 Å². The maximum atomic E-state index is 13.1. The maximum absolute atomic E-state index is 13.1. The highest BCUT2D eigenvalue weighted by atomic mass is 16.6. The summed E-state index contributed by atoms with van der Waals surface area (Å²) >= 11 is 0. The molecule has 1 N–H and O–H groups in total. The van der Waals surface area contributed by atoms with E-state index >= 15 is 0 Å². The largest absolute Gasteiger partial charge is 0.461 e. The fraction of sp³-hybridized carbons (Fsp3) is 0.742. The first-order valence-corrected chi connectivity index (χ1v) is 14.3. The first-order valence-electron chi connectivity index (χ1n) is 14.3. The van der Waals surface area contributed by atoms with Gasteiger partial charge in [0.05, 0.1) is 12.0 Å².